The second kappa shape index (κ2) is 7.14. The molecule has 0 spiro atoms. The predicted molar refractivity (Wildman–Crippen MR) is 104 cm³/mol. The van der Waals surface area contributed by atoms with Crippen molar-refractivity contribution in [3.63, 3.8) is 0 Å². The van der Waals surface area contributed by atoms with Gasteiger partial charge in [0.05, 0.1) is 11.4 Å². The maximum Gasteiger partial charge on any atom is 0.0781 e. The van der Waals surface area contributed by atoms with Gasteiger partial charge in [-0.3, -0.25) is 0 Å². The molecule has 0 amide bonds. The summed E-state index contributed by atoms with van der Waals surface area (Å²) in [5.41, 5.74) is 6.63. The lowest BCUT2D eigenvalue weighted by atomic mass is 10.0. The van der Waals surface area contributed by atoms with E-state index in [1.54, 1.807) is 0 Å². The molecule has 0 aromatic heterocycles. The van der Waals surface area contributed by atoms with Crippen molar-refractivity contribution in [3.8, 4) is 0 Å². The van der Waals surface area contributed by atoms with Crippen LogP contribution in [0.25, 0.3) is 0 Å². The summed E-state index contributed by atoms with van der Waals surface area (Å²) < 4.78 is 0. The second-order valence-corrected chi connectivity index (χ2v) is 6.10. The summed E-state index contributed by atoms with van der Waals surface area (Å²) in [6.07, 6.45) is 0. The Labute approximate surface area is 144 Å². The smallest absolute Gasteiger partial charge is 0.0781 e. The van der Waals surface area contributed by atoms with Crippen LogP contribution < -0.4 is 4.90 Å². The summed E-state index contributed by atoms with van der Waals surface area (Å²) in [6.45, 7) is 2.10. The summed E-state index contributed by atoms with van der Waals surface area (Å²) in [5.74, 6) is 0. The van der Waals surface area contributed by atoms with E-state index < -0.39 is 0 Å². The second-order valence-electron chi connectivity index (χ2n) is 6.10. The highest BCUT2D eigenvalue weighted by molar-refractivity contribution is 6.13. The van der Waals surface area contributed by atoms with Crippen LogP contribution in [0.5, 0.6) is 0 Å². The lowest BCUT2D eigenvalue weighted by molar-refractivity contribution is 1.13. The molecule has 0 N–H and O–H groups in total. The first-order valence-corrected chi connectivity index (χ1v) is 8.12. The summed E-state index contributed by atoms with van der Waals surface area (Å²) in [5, 5.41) is 0. The topological polar surface area (TPSA) is 15.6 Å². The van der Waals surface area contributed by atoms with E-state index in [0.29, 0.717) is 0 Å². The highest BCUT2D eigenvalue weighted by atomic mass is 15.1. The standard InChI is InChI=1S/C22H22N2/c1-17-9-11-19(12-10-17)22(18-7-5-4-6-8-18)23-20-13-15-21(16-14-20)24(2)3/h4-16H,1-3H3. The maximum atomic E-state index is 4.93. The van der Waals surface area contributed by atoms with Crippen molar-refractivity contribution in [3.05, 3.63) is 95.6 Å². The van der Waals surface area contributed by atoms with Gasteiger partial charge < -0.3 is 4.90 Å². The largest absolute Gasteiger partial charge is 0.378 e. The SMILES string of the molecule is Cc1ccc(C(=Nc2ccc(N(C)C)cc2)c2ccccc2)cc1. The molecule has 0 aliphatic carbocycles. The maximum absolute atomic E-state index is 4.93. The molecule has 2 nitrogen and oxygen atoms in total. The Hall–Kier alpha value is -2.87. The van der Waals surface area contributed by atoms with Gasteiger partial charge in [-0.05, 0) is 31.2 Å². The van der Waals surface area contributed by atoms with Crippen molar-refractivity contribution in [2.75, 3.05) is 19.0 Å². The zero-order valence-electron chi connectivity index (χ0n) is 14.4. The average molecular weight is 314 g/mol. The van der Waals surface area contributed by atoms with Crippen LogP contribution in [0.15, 0.2) is 83.9 Å². The van der Waals surface area contributed by atoms with E-state index >= 15 is 0 Å². The molecule has 120 valence electrons. The van der Waals surface area contributed by atoms with E-state index in [4.69, 9.17) is 4.99 Å². The van der Waals surface area contributed by atoms with E-state index in [1.165, 1.54) is 11.3 Å². The van der Waals surface area contributed by atoms with Gasteiger partial charge in [0.1, 0.15) is 0 Å². The van der Waals surface area contributed by atoms with Gasteiger partial charge in [0.25, 0.3) is 0 Å². The third-order valence-corrected chi connectivity index (χ3v) is 3.98. The Kier molecular flexibility index (Phi) is 4.76. The Morgan fingerprint density at radius 3 is 1.88 bits per heavy atom. The molecule has 0 fully saturated rings. The highest BCUT2D eigenvalue weighted by Crippen LogP contribution is 2.21. The van der Waals surface area contributed by atoms with Crippen LogP contribution in [0.2, 0.25) is 0 Å². The minimum atomic E-state index is 0.958. The monoisotopic (exact) mass is 314 g/mol. The number of hydrogen-bond donors (Lipinski definition) is 0. The van der Waals surface area contributed by atoms with Crippen LogP contribution >= 0.6 is 0 Å². The number of aryl methyl sites for hydroxylation is 1. The Bertz CT molecular complexity index is 814. The van der Waals surface area contributed by atoms with Crippen molar-refractivity contribution in [2.45, 2.75) is 6.92 Å². The van der Waals surface area contributed by atoms with Gasteiger partial charge in [0.2, 0.25) is 0 Å². The van der Waals surface area contributed by atoms with E-state index in [1.807, 2.05) is 32.3 Å². The van der Waals surface area contributed by atoms with Gasteiger partial charge in [-0.1, -0.05) is 60.2 Å². The molecule has 2 heteroatoms. The molecule has 3 rings (SSSR count). The number of anilines is 1. The van der Waals surface area contributed by atoms with Crippen LogP contribution in [-0.4, -0.2) is 19.8 Å². The van der Waals surface area contributed by atoms with Crippen LogP contribution in [0.1, 0.15) is 16.7 Å². The average Bonchev–Trinajstić information content (AvgIpc) is 2.62. The molecule has 0 unspecified atom stereocenters. The van der Waals surface area contributed by atoms with Crippen LogP contribution in [0.4, 0.5) is 11.4 Å². The Morgan fingerprint density at radius 2 is 1.29 bits per heavy atom. The fraction of sp³-hybridized carbons (Fsp3) is 0.136. The van der Waals surface area contributed by atoms with E-state index in [-0.39, 0.29) is 0 Å². The van der Waals surface area contributed by atoms with Gasteiger partial charge in [0.15, 0.2) is 0 Å². The van der Waals surface area contributed by atoms with Crippen molar-refractivity contribution in [1.29, 1.82) is 0 Å². The lowest BCUT2D eigenvalue weighted by Gasteiger charge is -2.12. The summed E-state index contributed by atoms with van der Waals surface area (Å²) in [4.78, 5) is 7.02. The number of rotatable bonds is 4. The molecular weight excluding hydrogens is 292 g/mol. The molecule has 0 aliphatic heterocycles. The molecule has 0 radical (unpaired) electrons. The van der Waals surface area contributed by atoms with Crippen molar-refractivity contribution < 1.29 is 0 Å². The van der Waals surface area contributed by atoms with Gasteiger partial charge >= 0.3 is 0 Å². The summed E-state index contributed by atoms with van der Waals surface area (Å²) in [7, 11) is 4.08. The van der Waals surface area contributed by atoms with Gasteiger partial charge in [-0.25, -0.2) is 4.99 Å². The number of benzene rings is 3. The van der Waals surface area contributed by atoms with Crippen molar-refractivity contribution in [2.24, 2.45) is 4.99 Å². The Morgan fingerprint density at radius 1 is 0.708 bits per heavy atom. The van der Waals surface area contributed by atoms with E-state index in [0.717, 1.165) is 22.5 Å². The summed E-state index contributed by atoms with van der Waals surface area (Å²) in [6, 6.07) is 27.2. The molecule has 0 saturated heterocycles. The quantitative estimate of drug-likeness (QED) is 0.602. The van der Waals surface area contributed by atoms with Crippen LogP contribution in [-0.2, 0) is 0 Å². The normalized spacial score (nSPS) is 11.4. The van der Waals surface area contributed by atoms with Gasteiger partial charge in [-0.2, -0.15) is 0 Å². The number of nitrogens with zero attached hydrogens (tertiary/aromatic N) is 2. The van der Waals surface area contributed by atoms with Gasteiger partial charge in [-0.15, -0.1) is 0 Å². The lowest BCUT2D eigenvalue weighted by Crippen LogP contribution is -2.07. The molecule has 0 atom stereocenters. The van der Waals surface area contributed by atoms with Crippen molar-refractivity contribution in [1.82, 2.24) is 0 Å². The van der Waals surface area contributed by atoms with Crippen molar-refractivity contribution >= 4 is 17.1 Å². The molecular formula is C22H22N2. The first-order chi connectivity index (χ1) is 11.6. The molecule has 24 heavy (non-hydrogen) atoms. The first kappa shape index (κ1) is 16.0. The molecule has 0 saturated carbocycles. The molecule has 0 heterocycles. The third-order valence-electron chi connectivity index (χ3n) is 3.98. The molecule has 3 aromatic rings. The number of hydrogen-bond acceptors (Lipinski definition) is 2. The first-order valence-electron chi connectivity index (χ1n) is 8.12. The van der Waals surface area contributed by atoms with E-state index in [2.05, 4.69) is 72.5 Å². The zero-order chi connectivity index (χ0) is 16.9. The summed E-state index contributed by atoms with van der Waals surface area (Å²) >= 11 is 0. The molecule has 0 aliphatic rings. The van der Waals surface area contributed by atoms with E-state index in [9.17, 15) is 0 Å². The predicted octanol–water partition coefficient (Wildman–Crippen LogP) is 5.23. The fourth-order valence-electron chi connectivity index (χ4n) is 2.56. The minimum absolute atomic E-state index is 0.958. The van der Waals surface area contributed by atoms with Crippen LogP contribution in [0.3, 0.4) is 0 Å². The Balaban J connectivity index is 2.05. The minimum Gasteiger partial charge on any atom is -0.378 e. The third kappa shape index (κ3) is 3.72. The zero-order valence-corrected chi connectivity index (χ0v) is 14.4. The fourth-order valence-corrected chi connectivity index (χ4v) is 2.56. The van der Waals surface area contributed by atoms with Gasteiger partial charge in [0, 0.05) is 30.9 Å². The molecule has 3 aromatic carbocycles. The highest BCUT2D eigenvalue weighted by Gasteiger charge is 2.07. The van der Waals surface area contributed by atoms with Crippen LogP contribution in [0, 0.1) is 6.92 Å². The number of aliphatic imine (C=N–C) groups is 1. The molecule has 0 bridgehead atoms.